The molecule has 100 valence electrons. The average Bonchev–Trinajstić information content (AvgIpc) is 2.30. The molecule has 18 heavy (non-hydrogen) atoms. The molecule has 0 radical (unpaired) electrons. The summed E-state index contributed by atoms with van der Waals surface area (Å²) in [5.74, 6) is -0.460. The summed E-state index contributed by atoms with van der Waals surface area (Å²) in [6.07, 6.45) is 0.857. The Bertz CT molecular complexity index is 382. The predicted octanol–water partition coefficient (Wildman–Crippen LogP) is 1.81. The van der Waals surface area contributed by atoms with Crippen molar-refractivity contribution in [2.75, 3.05) is 6.54 Å². The smallest absolute Gasteiger partial charge is 0.387 e. The fraction of sp³-hybridized carbons (Fsp3) is 0.417. The van der Waals surface area contributed by atoms with Gasteiger partial charge in [-0.15, -0.1) is 0 Å². The molecule has 0 aromatic heterocycles. The van der Waals surface area contributed by atoms with E-state index in [1.807, 2.05) is 6.92 Å². The second kappa shape index (κ2) is 6.90. The number of ether oxygens (including phenoxy) is 1. The third kappa shape index (κ3) is 4.29. The van der Waals surface area contributed by atoms with Gasteiger partial charge in [-0.2, -0.15) is 8.78 Å². The van der Waals surface area contributed by atoms with Crippen molar-refractivity contribution in [1.82, 2.24) is 5.32 Å². The van der Waals surface area contributed by atoms with Crippen LogP contribution in [0.1, 0.15) is 24.9 Å². The Labute approximate surface area is 104 Å². The SMILES string of the molecule is CCCNC(C(N)=O)c1ccc(OC(F)F)cc1. The molecule has 1 rings (SSSR count). The summed E-state index contributed by atoms with van der Waals surface area (Å²) < 4.78 is 28.2. The molecular weight excluding hydrogens is 242 g/mol. The minimum atomic E-state index is -2.86. The van der Waals surface area contributed by atoms with Crippen molar-refractivity contribution in [3.05, 3.63) is 29.8 Å². The molecule has 0 heterocycles. The summed E-state index contributed by atoms with van der Waals surface area (Å²) in [4.78, 5) is 11.3. The lowest BCUT2D eigenvalue weighted by Gasteiger charge is -2.15. The van der Waals surface area contributed by atoms with E-state index in [0.717, 1.165) is 6.42 Å². The molecule has 0 aliphatic carbocycles. The molecule has 1 unspecified atom stereocenters. The second-order valence-electron chi connectivity index (χ2n) is 3.74. The molecule has 0 saturated carbocycles. The van der Waals surface area contributed by atoms with Crippen molar-refractivity contribution in [2.45, 2.75) is 26.0 Å². The van der Waals surface area contributed by atoms with Crippen molar-refractivity contribution in [3.8, 4) is 5.75 Å². The van der Waals surface area contributed by atoms with Gasteiger partial charge in [0, 0.05) is 0 Å². The van der Waals surface area contributed by atoms with Crippen LogP contribution in [0.15, 0.2) is 24.3 Å². The lowest BCUT2D eigenvalue weighted by molar-refractivity contribution is -0.120. The molecule has 1 aromatic rings. The highest BCUT2D eigenvalue weighted by Crippen LogP contribution is 2.19. The molecule has 0 spiro atoms. The Morgan fingerprint density at radius 1 is 1.39 bits per heavy atom. The van der Waals surface area contributed by atoms with Gasteiger partial charge in [0.05, 0.1) is 0 Å². The van der Waals surface area contributed by atoms with E-state index in [9.17, 15) is 13.6 Å². The number of nitrogens with one attached hydrogen (secondary N) is 1. The molecule has 0 bridgehead atoms. The number of primary amides is 1. The highest BCUT2D eigenvalue weighted by atomic mass is 19.3. The van der Waals surface area contributed by atoms with Crippen molar-refractivity contribution in [3.63, 3.8) is 0 Å². The third-order valence-corrected chi connectivity index (χ3v) is 2.32. The summed E-state index contributed by atoms with van der Waals surface area (Å²) in [5, 5.41) is 2.98. The topological polar surface area (TPSA) is 64.3 Å². The number of hydrogen-bond acceptors (Lipinski definition) is 3. The number of rotatable bonds is 7. The number of hydrogen-bond donors (Lipinski definition) is 2. The maximum absolute atomic E-state index is 12.0. The molecule has 0 saturated heterocycles. The zero-order valence-corrected chi connectivity index (χ0v) is 10.0. The lowest BCUT2D eigenvalue weighted by Crippen LogP contribution is -2.34. The van der Waals surface area contributed by atoms with Gasteiger partial charge in [-0.25, -0.2) is 0 Å². The number of nitrogens with two attached hydrogens (primary N) is 1. The van der Waals surface area contributed by atoms with Crippen LogP contribution in [0.4, 0.5) is 8.78 Å². The first-order valence-corrected chi connectivity index (χ1v) is 5.62. The molecular formula is C12H16F2N2O2. The second-order valence-corrected chi connectivity index (χ2v) is 3.74. The molecule has 1 aromatic carbocycles. The first-order valence-electron chi connectivity index (χ1n) is 5.62. The zero-order valence-electron chi connectivity index (χ0n) is 10.0. The van der Waals surface area contributed by atoms with Gasteiger partial charge in [0.2, 0.25) is 5.91 Å². The average molecular weight is 258 g/mol. The fourth-order valence-corrected chi connectivity index (χ4v) is 1.51. The Hall–Kier alpha value is -1.69. The molecule has 4 nitrogen and oxygen atoms in total. The van der Waals surface area contributed by atoms with Crippen LogP contribution in [0.25, 0.3) is 0 Å². The number of alkyl halides is 2. The highest BCUT2D eigenvalue weighted by molar-refractivity contribution is 5.81. The summed E-state index contributed by atoms with van der Waals surface area (Å²) in [7, 11) is 0. The van der Waals surface area contributed by atoms with E-state index in [-0.39, 0.29) is 5.75 Å². The van der Waals surface area contributed by atoms with E-state index >= 15 is 0 Å². The van der Waals surface area contributed by atoms with Gasteiger partial charge < -0.3 is 15.8 Å². The number of carbonyl (C=O) groups excluding carboxylic acids is 1. The number of benzene rings is 1. The molecule has 1 atom stereocenters. The van der Waals surface area contributed by atoms with Gasteiger partial charge in [0.1, 0.15) is 11.8 Å². The predicted molar refractivity (Wildman–Crippen MR) is 63.3 cm³/mol. The standard InChI is InChI=1S/C12H16F2N2O2/c1-2-7-16-10(11(15)17)8-3-5-9(6-4-8)18-12(13)14/h3-6,10,12,16H,2,7H2,1H3,(H2,15,17). The van der Waals surface area contributed by atoms with Crippen molar-refractivity contribution < 1.29 is 18.3 Å². The quantitative estimate of drug-likeness (QED) is 0.784. The first kappa shape index (κ1) is 14.4. The Morgan fingerprint density at radius 2 is 2.00 bits per heavy atom. The highest BCUT2D eigenvalue weighted by Gasteiger charge is 2.16. The summed E-state index contributed by atoms with van der Waals surface area (Å²) in [5.41, 5.74) is 5.90. The molecule has 1 amide bonds. The monoisotopic (exact) mass is 258 g/mol. The van der Waals surface area contributed by atoms with Crippen molar-refractivity contribution >= 4 is 5.91 Å². The van der Waals surface area contributed by atoms with Crippen LogP contribution < -0.4 is 15.8 Å². The maximum Gasteiger partial charge on any atom is 0.387 e. The summed E-state index contributed by atoms with van der Waals surface area (Å²) in [6.45, 7) is -0.255. The van der Waals surface area contributed by atoms with Crippen molar-refractivity contribution in [2.24, 2.45) is 5.73 Å². The molecule has 6 heteroatoms. The van der Waals surface area contributed by atoms with Gasteiger partial charge in [-0.05, 0) is 30.7 Å². The minimum absolute atomic E-state index is 0.0486. The third-order valence-electron chi connectivity index (χ3n) is 2.32. The normalized spacial score (nSPS) is 12.4. The number of amides is 1. The Balaban J connectivity index is 2.77. The van der Waals surface area contributed by atoms with E-state index in [2.05, 4.69) is 10.1 Å². The Morgan fingerprint density at radius 3 is 2.44 bits per heavy atom. The van der Waals surface area contributed by atoms with Crippen LogP contribution in [0.3, 0.4) is 0 Å². The van der Waals surface area contributed by atoms with Crippen LogP contribution in [-0.2, 0) is 4.79 Å². The van der Waals surface area contributed by atoms with Crippen LogP contribution in [0.5, 0.6) is 5.75 Å². The maximum atomic E-state index is 12.0. The zero-order chi connectivity index (χ0) is 13.5. The fourth-order valence-electron chi connectivity index (χ4n) is 1.51. The van der Waals surface area contributed by atoms with Crippen LogP contribution in [-0.4, -0.2) is 19.1 Å². The van der Waals surface area contributed by atoms with Gasteiger partial charge in [0.25, 0.3) is 0 Å². The van der Waals surface area contributed by atoms with E-state index in [0.29, 0.717) is 12.1 Å². The molecule has 0 fully saturated rings. The van der Waals surface area contributed by atoms with Gasteiger partial charge >= 0.3 is 6.61 Å². The van der Waals surface area contributed by atoms with Gasteiger partial charge in [-0.3, -0.25) is 4.79 Å². The van der Waals surface area contributed by atoms with Gasteiger partial charge in [-0.1, -0.05) is 19.1 Å². The van der Waals surface area contributed by atoms with E-state index in [4.69, 9.17) is 5.73 Å². The number of halogens is 2. The molecule has 3 N–H and O–H groups in total. The van der Waals surface area contributed by atoms with Crippen LogP contribution in [0, 0.1) is 0 Å². The molecule has 0 aliphatic heterocycles. The Kier molecular flexibility index (Phi) is 5.51. The summed E-state index contributed by atoms with van der Waals surface area (Å²) in [6, 6.07) is 5.22. The molecule has 0 aliphatic rings. The van der Waals surface area contributed by atoms with Crippen molar-refractivity contribution in [1.29, 1.82) is 0 Å². The van der Waals surface area contributed by atoms with Crippen LogP contribution in [0.2, 0.25) is 0 Å². The van der Waals surface area contributed by atoms with E-state index in [1.54, 1.807) is 0 Å². The van der Waals surface area contributed by atoms with E-state index < -0.39 is 18.6 Å². The minimum Gasteiger partial charge on any atom is -0.435 e. The van der Waals surface area contributed by atoms with E-state index in [1.165, 1.54) is 24.3 Å². The van der Waals surface area contributed by atoms with Gasteiger partial charge in [0.15, 0.2) is 0 Å². The number of carbonyl (C=O) groups is 1. The summed E-state index contributed by atoms with van der Waals surface area (Å²) >= 11 is 0. The lowest BCUT2D eigenvalue weighted by atomic mass is 10.1. The first-order chi connectivity index (χ1) is 8.54. The largest absolute Gasteiger partial charge is 0.435 e. The van der Waals surface area contributed by atoms with Crippen LogP contribution >= 0.6 is 0 Å².